The zero-order chi connectivity index (χ0) is 17.0. The molecule has 1 aromatic carbocycles. The highest BCUT2D eigenvalue weighted by Gasteiger charge is 2.54. The lowest BCUT2D eigenvalue weighted by Gasteiger charge is -2.13. The number of carbonyl (C=O) groups is 1. The molecule has 0 saturated heterocycles. The minimum absolute atomic E-state index is 0.143. The maximum Gasteiger partial charge on any atom is 0.465 e. The lowest BCUT2D eigenvalue weighted by Crippen LogP contribution is -2.39. The monoisotopic (exact) mass is 334 g/mol. The van der Waals surface area contributed by atoms with Crippen molar-refractivity contribution in [3.63, 3.8) is 0 Å². The van der Waals surface area contributed by atoms with Crippen LogP contribution in [0.4, 0.5) is 8.78 Å². The summed E-state index contributed by atoms with van der Waals surface area (Å²) in [5, 5.41) is -4.96. The maximum absolute atomic E-state index is 13.0. The predicted molar refractivity (Wildman–Crippen MR) is 77.0 cm³/mol. The molecule has 1 N–H and O–H groups in total. The van der Waals surface area contributed by atoms with Crippen molar-refractivity contribution in [2.45, 2.75) is 25.5 Å². The van der Waals surface area contributed by atoms with Gasteiger partial charge in [-0.1, -0.05) is 30.4 Å². The molecule has 0 heterocycles. The van der Waals surface area contributed by atoms with Gasteiger partial charge in [-0.3, -0.25) is 4.55 Å². The van der Waals surface area contributed by atoms with E-state index >= 15 is 0 Å². The molecule has 122 valence electrons. The molecular formula is C14H16F2O5S. The molecule has 22 heavy (non-hydrogen) atoms. The van der Waals surface area contributed by atoms with Crippen molar-refractivity contribution in [3.8, 4) is 0 Å². The van der Waals surface area contributed by atoms with E-state index in [1.165, 1.54) is 0 Å². The standard InChI is InChI=1S/C14H16F2O5S/c1-3-5-11-6-4-7-12(10(11)2)8-9-21-13(17)14(15,16)22(18,19)20/h3-7H,8-9H2,1-2H3,(H,18,19,20)/b5-3-. The molecule has 0 spiro atoms. The molecule has 5 nitrogen and oxygen atoms in total. The van der Waals surface area contributed by atoms with Crippen molar-refractivity contribution in [2.24, 2.45) is 0 Å². The Kier molecular flexibility index (Phi) is 5.78. The van der Waals surface area contributed by atoms with Crippen molar-refractivity contribution in [1.29, 1.82) is 0 Å². The van der Waals surface area contributed by atoms with Gasteiger partial charge >= 0.3 is 21.3 Å². The molecule has 0 saturated carbocycles. The van der Waals surface area contributed by atoms with Crippen LogP contribution in [0.5, 0.6) is 0 Å². The lowest BCUT2D eigenvalue weighted by molar-refractivity contribution is -0.161. The van der Waals surface area contributed by atoms with E-state index in [1.54, 1.807) is 12.1 Å². The number of hydrogen-bond acceptors (Lipinski definition) is 4. The Labute approximate surface area is 127 Å². The van der Waals surface area contributed by atoms with E-state index in [2.05, 4.69) is 4.74 Å². The molecule has 0 aliphatic rings. The van der Waals surface area contributed by atoms with Gasteiger partial charge in [0.15, 0.2) is 0 Å². The first-order valence-corrected chi connectivity index (χ1v) is 7.78. The van der Waals surface area contributed by atoms with E-state index < -0.39 is 27.9 Å². The van der Waals surface area contributed by atoms with E-state index in [0.717, 1.165) is 16.7 Å². The van der Waals surface area contributed by atoms with Crippen LogP contribution in [0.1, 0.15) is 23.6 Å². The molecular weight excluding hydrogens is 318 g/mol. The van der Waals surface area contributed by atoms with Crippen molar-refractivity contribution < 1.29 is 31.3 Å². The fraction of sp³-hybridized carbons (Fsp3) is 0.357. The van der Waals surface area contributed by atoms with Gasteiger partial charge in [-0.15, -0.1) is 0 Å². The summed E-state index contributed by atoms with van der Waals surface area (Å²) >= 11 is 0. The Morgan fingerprint density at radius 2 is 2.05 bits per heavy atom. The largest absolute Gasteiger partial charge is 0.465 e. The molecule has 8 heteroatoms. The van der Waals surface area contributed by atoms with E-state index in [-0.39, 0.29) is 6.42 Å². The zero-order valence-corrected chi connectivity index (χ0v) is 12.9. The van der Waals surface area contributed by atoms with Gasteiger partial charge in [0.25, 0.3) is 0 Å². The number of allylic oxidation sites excluding steroid dienone is 1. The van der Waals surface area contributed by atoms with Crippen molar-refractivity contribution in [2.75, 3.05) is 6.61 Å². The van der Waals surface area contributed by atoms with Crippen molar-refractivity contribution in [3.05, 3.63) is 41.0 Å². The average molecular weight is 334 g/mol. The third-order valence-electron chi connectivity index (χ3n) is 3.00. The zero-order valence-electron chi connectivity index (χ0n) is 12.0. The number of ether oxygens (including phenoxy) is 1. The van der Waals surface area contributed by atoms with Gasteiger partial charge in [0.1, 0.15) is 0 Å². The number of benzene rings is 1. The minimum Gasteiger partial charge on any atom is -0.460 e. The summed E-state index contributed by atoms with van der Waals surface area (Å²) in [6, 6.07) is 5.39. The van der Waals surface area contributed by atoms with Gasteiger partial charge < -0.3 is 4.74 Å². The summed E-state index contributed by atoms with van der Waals surface area (Å²) < 4.78 is 59.3. The van der Waals surface area contributed by atoms with Crippen LogP contribution in [-0.4, -0.2) is 30.8 Å². The van der Waals surface area contributed by atoms with E-state index in [0.29, 0.717) is 0 Å². The smallest absolute Gasteiger partial charge is 0.460 e. The molecule has 0 aliphatic carbocycles. The molecule has 0 fully saturated rings. The lowest BCUT2D eigenvalue weighted by atomic mass is 10.00. The molecule has 1 rings (SSSR count). The van der Waals surface area contributed by atoms with Crippen molar-refractivity contribution in [1.82, 2.24) is 0 Å². The number of halogens is 2. The topological polar surface area (TPSA) is 80.7 Å². The molecule has 1 aromatic rings. The highest BCUT2D eigenvalue weighted by Crippen LogP contribution is 2.22. The van der Waals surface area contributed by atoms with Crippen LogP contribution in [0.15, 0.2) is 24.3 Å². The Morgan fingerprint density at radius 1 is 1.41 bits per heavy atom. The van der Waals surface area contributed by atoms with Gasteiger partial charge in [0.2, 0.25) is 0 Å². The first kappa shape index (κ1) is 18.2. The minimum atomic E-state index is -5.84. The fourth-order valence-corrected chi connectivity index (χ4v) is 2.05. The summed E-state index contributed by atoms with van der Waals surface area (Å²) in [4.78, 5) is 11.0. The predicted octanol–water partition coefficient (Wildman–Crippen LogP) is 2.59. The summed E-state index contributed by atoms with van der Waals surface area (Å²) in [7, 11) is -5.84. The van der Waals surface area contributed by atoms with Crippen molar-refractivity contribution >= 4 is 22.2 Å². The number of alkyl halides is 2. The second-order valence-corrected chi connectivity index (χ2v) is 5.97. The second-order valence-electron chi connectivity index (χ2n) is 4.51. The normalized spacial score (nSPS) is 12.6. The number of esters is 1. The van der Waals surface area contributed by atoms with E-state index in [1.807, 2.05) is 32.1 Å². The molecule has 0 bridgehead atoms. The molecule has 0 unspecified atom stereocenters. The van der Waals surface area contributed by atoms with Gasteiger partial charge in [-0.25, -0.2) is 4.79 Å². The Morgan fingerprint density at radius 3 is 2.59 bits per heavy atom. The van der Waals surface area contributed by atoms with Crippen LogP contribution in [0.3, 0.4) is 0 Å². The third-order valence-corrected chi connectivity index (χ3v) is 3.81. The van der Waals surface area contributed by atoms with Crippen LogP contribution >= 0.6 is 0 Å². The van der Waals surface area contributed by atoms with Crippen LogP contribution in [0, 0.1) is 6.92 Å². The summed E-state index contributed by atoms with van der Waals surface area (Å²) in [6.45, 7) is 3.26. The van der Waals surface area contributed by atoms with Gasteiger partial charge in [-0.05, 0) is 30.5 Å². The summed E-state index contributed by atoms with van der Waals surface area (Å²) in [6.07, 6.45) is 3.86. The molecule has 0 atom stereocenters. The highest BCUT2D eigenvalue weighted by molar-refractivity contribution is 7.87. The molecule has 0 aromatic heterocycles. The van der Waals surface area contributed by atoms with Crippen LogP contribution < -0.4 is 0 Å². The Balaban J connectivity index is 2.73. The number of carbonyl (C=O) groups excluding carboxylic acids is 1. The van der Waals surface area contributed by atoms with Crippen LogP contribution in [-0.2, 0) is 26.1 Å². The second kappa shape index (κ2) is 6.97. The number of rotatable bonds is 6. The number of hydrogen-bond donors (Lipinski definition) is 1. The van der Waals surface area contributed by atoms with Crippen LogP contribution in [0.2, 0.25) is 0 Å². The van der Waals surface area contributed by atoms with E-state index in [4.69, 9.17) is 4.55 Å². The highest BCUT2D eigenvalue weighted by atomic mass is 32.2. The first-order chi connectivity index (χ1) is 10.1. The third kappa shape index (κ3) is 4.11. The van der Waals surface area contributed by atoms with Crippen LogP contribution in [0.25, 0.3) is 6.08 Å². The molecule has 0 radical (unpaired) electrons. The Hall–Kier alpha value is -1.80. The summed E-state index contributed by atoms with van der Waals surface area (Å²) in [5.74, 6) is -2.29. The average Bonchev–Trinajstić information content (AvgIpc) is 2.41. The fourth-order valence-electron chi connectivity index (χ4n) is 1.78. The molecule has 0 amide bonds. The van der Waals surface area contributed by atoms with E-state index in [9.17, 15) is 22.0 Å². The quantitative estimate of drug-likeness (QED) is 0.639. The maximum atomic E-state index is 13.0. The van der Waals surface area contributed by atoms with Gasteiger partial charge in [0.05, 0.1) is 6.61 Å². The van der Waals surface area contributed by atoms with Gasteiger partial charge in [0, 0.05) is 6.42 Å². The summed E-state index contributed by atoms with van der Waals surface area (Å²) in [5.41, 5.74) is 2.62. The SMILES string of the molecule is C/C=C\c1cccc(CCOC(=O)C(F)(F)S(=O)(=O)O)c1C. The molecule has 0 aliphatic heterocycles. The first-order valence-electron chi connectivity index (χ1n) is 6.34. The Bertz CT molecular complexity index is 680. The van der Waals surface area contributed by atoms with Gasteiger partial charge in [-0.2, -0.15) is 17.2 Å².